The van der Waals surface area contributed by atoms with Crippen LogP contribution in [0.25, 0.3) is 0 Å². The largest absolute Gasteiger partial charge is 0.377 e. The number of nitrogens with one attached hydrogen (secondary N) is 1. The highest BCUT2D eigenvalue weighted by atomic mass is 79.9. The smallest absolute Gasteiger partial charge is 0.0650 e. The van der Waals surface area contributed by atoms with Gasteiger partial charge in [-0.25, -0.2) is 0 Å². The van der Waals surface area contributed by atoms with Gasteiger partial charge in [-0.3, -0.25) is 0 Å². The number of hydrogen-bond donors (Lipinski definition) is 2. The number of para-hydroxylation sites is 1. The molecule has 100 valence electrons. The van der Waals surface area contributed by atoms with E-state index < -0.39 is 0 Å². The van der Waals surface area contributed by atoms with Crippen LogP contribution in [0, 0.1) is 6.92 Å². The standard InChI is InChI=1S/C15H16BrClN2/c1-10-4-2-3-5-14(10)19-15(9-18)12-7-6-11(16)8-13(12)17/h2-8,15,19H,9,18H2,1H3. The van der Waals surface area contributed by atoms with Crippen LogP contribution in [0.2, 0.25) is 5.02 Å². The zero-order valence-electron chi connectivity index (χ0n) is 10.7. The van der Waals surface area contributed by atoms with Crippen molar-refractivity contribution in [2.24, 2.45) is 5.73 Å². The molecule has 1 atom stereocenters. The van der Waals surface area contributed by atoms with E-state index in [2.05, 4.69) is 34.2 Å². The molecule has 1 unspecified atom stereocenters. The second-order valence-corrected chi connectivity index (χ2v) is 5.74. The Morgan fingerprint density at radius 2 is 2.00 bits per heavy atom. The first-order chi connectivity index (χ1) is 9.11. The summed E-state index contributed by atoms with van der Waals surface area (Å²) < 4.78 is 0.966. The van der Waals surface area contributed by atoms with Crippen molar-refractivity contribution in [3.05, 3.63) is 63.1 Å². The maximum absolute atomic E-state index is 6.28. The quantitative estimate of drug-likeness (QED) is 0.859. The Labute approximate surface area is 127 Å². The molecule has 4 heteroatoms. The van der Waals surface area contributed by atoms with Crippen molar-refractivity contribution in [1.29, 1.82) is 0 Å². The Bertz CT molecular complexity index is 572. The zero-order valence-corrected chi connectivity index (χ0v) is 13.0. The van der Waals surface area contributed by atoms with Gasteiger partial charge in [0.1, 0.15) is 0 Å². The van der Waals surface area contributed by atoms with Gasteiger partial charge in [0.15, 0.2) is 0 Å². The Balaban J connectivity index is 2.28. The van der Waals surface area contributed by atoms with Crippen molar-refractivity contribution in [2.75, 3.05) is 11.9 Å². The SMILES string of the molecule is Cc1ccccc1NC(CN)c1ccc(Br)cc1Cl. The summed E-state index contributed by atoms with van der Waals surface area (Å²) in [5.41, 5.74) is 9.16. The molecule has 2 rings (SSSR count). The Morgan fingerprint density at radius 1 is 1.26 bits per heavy atom. The maximum atomic E-state index is 6.28. The molecule has 2 nitrogen and oxygen atoms in total. The minimum Gasteiger partial charge on any atom is -0.377 e. The molecule has 2 aromatic carbocycles. The summed E-state index contributed by atoms with van der Waals surface area (Å²) in [5, 5.41) is 4.16. The van der Waals surface area contributed by atoms with Gasteiger partial charge in [-0.1, -0.05) is 51.8 Å². The number of anilines is 1. The van der Waals surface area contributed by atoms with Crippen molar-refractivity contribution in [1.82, 2.24) is 0 Å². The van der Waals surface area contributed by atoms with Crippen molar-refractivity contribution >= 4 is 33.2 Å². The number of hydrogen-bond acceptors (Lipinski definition) is 2. The predicted octanol–water partition coefficient (Wildman–Crippen LogP) is 4.52. The Morgan fingerprint density at radius 3 is 2.63 bits per heavy atom. The highest BCUT2D eigenvalue weighted by Gasteiger charge is 2.14. The Kier molecular flexibility index (Phi) is 4.86. The second kappa shape index (κ2) is 6.42. The van der Waals surface area contributed by atoms with E-state index in [1.165, 1.54) is 5.56 Å². The summed E-state index contributed by atoms with van der Waals surface area (Å²) in [6.07, 6.45) is 0. The first kappa shape index (κ1) is 14.4. The monoisotopic (exact) mass is 338 g/mol. The second-order valence-electron chi connectivity index (χ2n) is 4.41. The van der Waals surface area contributed by atoms with Crippen LogP contribution in [0.5, 0.6) is 0 Å². The van der Waals surface area contributed by atoms with Crippen LogP contribution < -0.4 is 11.1 Å². The highest BCUT2D eigenvalue weighted by Crippen LogP contribution is 2.29. The number of rotatable bonds is 4. The first-order valence-corrected chi connectivity index (χ1v) is 7.26. The van der Waals surface area contributed by atoms with Gasteiger partial charge in [-0.2, -0.15) is 0 Å². The van der Waals surface area contributed by atoms with Crippen LogP contribution >= 0.6 is 27.5 Å². The minimum absolute atomic E-state index is 0.00157. The summed E-state index contributed by atoms with van der Waals surface area (Å²) in [5.74, 6) is 0. The number of benzene rings is 2. The third-order valence-electron chi connectivity index (χ3n) is 3.05. The summed E-state index contributed by atoms with van der Waals surface area (Å²) >= 11 is 9.69. The van der Waals surface area contributed by atoms with E-state index >= 15 is 0 Å². The van der Waals surface area contributed by atoms with Gasteiger partial charge in [-0.05, 0) is 36.2 Å². The van der Waals surface area contributed by atoms with Crippen molar-refractivity contribution in [3.63, 3.8) is 0 Å². The normalized spacial score (nSPS) is 12.2. The van der Waals surface area contributed by atoms with Crippen molar-refractivity contribution in [3.8, 4) is 0 Å². The number of nitrogens with two attached hydrogens (primary N) is 1. The molecule has 0 aliphatic carbocycles. The van der Waals surface area contributed by atoms with Gasteiger partial charge in [0.2, 0.25) is 0 Å². The third kappa shape index (κ3) is 3.50. The lowest BCUT2D eigenvalue weighted by atomic mass is 10.1. The van der Waals surface area contributed by atoms with Crippen molar-refractivity contribution in [2.45, 2.75) is 13.0 Å². The zero-order chi connectivity index (χ0) is 13.8. The van der Waals surface area contributed by atoms with E-state index in [-0.39, 0.29) is 6.04 Å². The molecule has 0 spiro atoms. The fraction of sp³-hybridized carbons (Fsp3) is 0.200. The minimum atomic E-state index is 0.00157. The first-order valence-electron chi connectivity index (χ1n) is 6.09. The van der Waals surface area contributed by atoms with E-state index in [4.69, 9.17) is 17.3 Å². The molecule has 3 N–H and O–H groups in total. The van der Waals surface area contributed by atoms with Crippen LogP contribution in [0.4, 0.5) is 5.69 Å². The number of halogens is 2. The lowest BCUT2D eigenvalue weighted by Crippen LogP contribution is -2.21. The van der Waals surface area contributed by atoms with Crippen LogP contribution in [0.1, 0.15) is 17.2 Å². The fourth-order valence-electron chi connectivity index (χ4n) is 1.97. The van der Waals surface area contributed by atoms with Gasteiger partial charge in [0, 0.05) is 21.7 Å². The summed E-state index contributed by atoms with van der Waals surface area (Å²) in [6, 6.07) is 14.0. The average molecular weight is 340 g/mol. The van der Waals surface area contributed by atoms with Gasteiger partial charge >= 0.3 is 0 Å². The third-order valence-corrected chi connectivity index (χ3v) is 3.87. The number of aryl methyl sites for hydroxylation is 1. The molecule has 19 heavy (non-hydrogen) atoms. The van der Waals surface area contributed by atoms with E-state index in [1.54, 1.807) is 0 Å². The molecule has 0 radical (unpaired) electrons. The molecule has 0 saturated carbocycles. The molecule has 0 fully saturated rings. The molecule has 0 saturated heterocycles. The van der Waals surface area contributed by atoms with Gasteiger partial charge in [-0.15, -0.1) is 0 Å². The van der Waals surface area contributed by atoms with Gasteiger partial charge in [0.05, 0.1) is 6.04 Å². The van der Waals surface area contributed by atoms with Crippen LogP contribution in [-0.4, -0.2) is 6.54 Å². The summed E-state index contributed by atoms with van der Waals surface area (Å²) in [7, 11) is 0. The molecule has 0 amide bonds. The van der Waals surface area contributed by atoms with E-state index in [0.717, 1.165) is 15.7 Å². The van der Waals surface area contributed by atoms with Crippen LogP contribution in [0.3, 0.4) is 0 Å². The molecular weight excluding hydrogens is 324 g/mol. The molecule has 0 aliphatic rings. The van der Waals surface area contributed by atoms with Crippen molar-refractivity contribution < 1.29 is 0 Å². The van der Waals surface area contributed by atoms with Crippen LogP contribution in [-0.2, 0) is 0 Å². The van der Waals surface area contributed by atoms with Gasteiger partial charge < -0.3 is 11.1 Å². The molecule has 0 aliphatic heterocycles. The lowest BCUT2D eigenvalue weighted by Gasteiger charge is -2.21. The predicted molar refractivity (Wildman–Crippen MR) is 85.7 cm³/mol. The fourth-order valence-corrected chi connectivity index (χ4v) is 2.78. The molecule has 0 heterocycles. The molecule has 0 bridgehead atoms. The highest BCUT2D eigenvalue weighted by molar-refractivity contribution is 9.10. The topological polar surface area (TPSA) is 38.0 Å². The molecule has 2 aromatic rings. The lowest BCUT2D eigenvalue weighted by molar-refractivity contribution is 0.789. The molecule has 0 aromatic heterocycles. The van der Waals surface area contributed by atoms with E-state index in [1.807, 2.05) is 36.4 Å². The average Bonchev–Trinajstić information content (AvgIpc) is 2.39. The summed E-state index contributed by atoms with van der Waals surface area (Å²) in [4.78, 5) is 0. The van der Waals surface area contributed by atoms with E-state index in [9.17, 15) is 0 Å². The maximum Gasteiger partial charge on any atom is 0.0650 e. The van der Waals surface area contributed by atoms with E-state index in [0.29, 0.717) is 11.6 Å². The Hall–Kier alpha value is -1.03. The van der Waals surface area contributed by atoms with Crippen LogP contribution in [0.15, 0.2) is 46.9 Å². The molecular formula is C15H16BrClN2. The summed E-state index contributed by atoms with van der Waals surface area (Å²) in [6.45, 7) is 2.55. The van der Waals surface area contributed by atoms with Gasteiger partial charge in [0.25, 0.3) is 0 Å².